The van der Waals surface area contributed by atoms with Gasteiger partial charge < -0.3 is 4.42 Å². The number of nitro groups is 1. The van der Waals surface area contributed by atoms with Crippen LogP contribution < -0.4 is 0 Å². The lowest BCUT2D eigenvalue weighted by molar-refractivity contribution is -0.402. The molecule has 0 saturated heterocycles. The van der Waals surface area contributed by atoms with Gasteiger partial charge in [-0.1, -0.05) is 0 Å². The van der Waals surface area contributed by atoms with Gasteiger partial charge in [0.05, 0.1) is 6.07 Å². The fourth-order valence-electron chi connectivity index (χ4n) is 0.503. The van der Waals surface area contributed by atoms with E-state index in [-0.39, 0.29) is 11.6 Å². The highest BCUT2D eigenvalue weighted by atomic mass is 16.6. The van der Waals surface area contributed by atoms with Crippen molar-refractivity contribution in [2.45, 2.75) is 0 Å². The van der Waals surface area contributed by atoms with Crippen molar-refractivity contribution >= 4 is 5.88 Å². The number of furan rings is 1. The van der Waals surface area contributed by atoms with E-state index in [0.717, 1.165) is 0 Å². The van der Waals surface area contributed by atoms with Gasteiger partial charge in [0.15, 0.2) is 5.76 Å². The molecule has 1 aromatic heterocycles. The summed E-state index contributed by atoms with van der Waals surface area (Å²) in [6, 6.07) is 2.59. The summed E-state index contributed by atoms with van der Waals surface area (Å²) >= 11 is 0. The Kier molecular flexibility index (Phi) is 1.42. The first-order valence-electron chi connectivity index (χ1n) is 2.45. The van der Waals surface area contributed by atoms with Crippen LogP contribution in [0.4, 0.5) is 5.88 Å². The monoisotopic (exact) mass is 137 g/mol. The number of terminal acetylenes is 1. The van der Waals surface area contributed by atoms with Crippen LogP contribution in [0.2, 0.25) is 0 Å². The van der Waals surface area contributed by atoms with E-state index in [1.165, 1.54) is 12.1 Å². The first kappa shape index (κ1) is 6.36. The largest absolute Gasteiger partial charge is 0.434 e. The van der Waals surface area contributed by atoms with Gasteiger partial charge in [-0.2, -0.15) is 0 Å². The smallest absolute Gasteiger partial charge is 0.392 e. The molecule has 0 fully saturated rings. The number of nitrogens with zero attached hydrogens (tertiary/aromatic N) is 1. The van der Waals surface area contributed by atoms with E-state index in [1.54, 1.807) is 0 Å². The predicted molar refractivity (Wildman–Crippen MR) is 33.3 cm³/mol. The maximum Gasteiger partial charge on any atom is 0.434 e. The van der Waals surface area contributed by atoms with Crippen LogP contribution in [-0.4, -0.2) is 4.92 Å². The summed E-state index contributed by atoms with van der Waals surface area (Å²) in [7, 11) is 0. The second kappa shape index (κ2) is 2.23. The number of hydrogen-bond acceptors (Lipinski definition) is 3. The van der Waals surface area contributed by atoms with Crippen molar-refractivity contribution in [3.8, 4) is 12.3 Å². The van der Waals surface area contributed by atoms with Gasteiger partial charge >= 0.3 is 5.88 Å². The molecule has 0 amide bonds. The van der Waals surface area contributed by atoms with E-state index in [0.29, 0.717) is 0 Å². The summed E-state index contributed by atoms with van der Waals surface area (Å²) < 4.78 is 4.56. The Hall–Kier alpha value is -1.76. The average molecular weight is 137 g/mol. The molecule has 0 radical (unpaired) electrons. The van der Waals surface area contributed by atoms with Crippen LogP contribution in [-0.2, 0) is 0 Å². The third-order valence-corrected chi connectivity index (χ3v) is 0.914. The second-order valence-electron chi connectivity index (χ2n) is 1.54. The molecule has 0 bridgehead atoms. The molecule has 0 aliphatic carbocycles. The lowest BCUT2D eigenvalue weighted by Gasteiger charge is -1.79. The van der Waals surface area contributed by atoms with E-state index >= 15 is 0 Å². The number of rotatable bonds is 1. The van der Waals surface area contributed by atoms with Gasteiger partial charge in [-0.3, -0.25) is 10.1 Å². The second-order valence-corrected chi connectivity index (χ2v) is 1.54. The molecular weight excluding hydrogens is 134 g/mol. The molecule has 4 heteroatoms. The van der Waals surface area contributed by atoms with E-state index in [9.17, 15) is 10.1 Å². The molecular formula is C6H3NO3. The van der Waals surface area contributed by atoms with Crippen LogP contribution in [0.1, 0.15) is 5.76 Å². The summed E-state index contributed by atoms with van der Waals surface area (Å²) in [6.07, 6.45) is 4.90. The van der Waals surface area contributed by atoms with Crippen molar-refractivity contribution in [1.82, 2.24) is 0 Å². The van der Waals surface area contributed by atoms with Crippen molar-refractivity contribution < 1.29 is 9.34 Å². The molecule has 0 saturated carbocycles. The van der Waals surface area contributed by atoms with Crippen LogP contribution >= 0.6 is 0 Å². The third kappa shape index (κ3) is 0.977. The number of hydrogen-bond donors (Lipinski definition) is 0. The average Bonchev–Trinajstić information content (AvgIpc) is 2.34. The summed E-state index contributed by atoms with van der Waals surface area (Å²) in [5, 5.41) is 9.97. The molecule has 0 unspecified atom stereocenters. The van der Waals surface area contributed by atoms with Gasteiger partial charge in [0.1, 0.15) is 4.92 Å². The Labute approximate surface area is 56.6 Å². The summed E-state index contributed by atoms with van der Waals surface area (Å²) in [4.78, 5) is 9.34. The zero-order valence-electron chi connectivity index (χ0n) is 4.90. The van der Waals surface area contributed by atoms with Crippen LogP contribution in [0.25, 0.3) is 0 Å². The minimum atomic E-state index is -0.638. The zero-order valence-corrected chi connectivity index (χ0v) is 4.90. The third-order valence-electron chi connectivity index (χ3n) is 0.914. The molecule has 1 aromatic rings. The maximum absolute atomic E-state index is 9.97. The maximum atomic E-state index is 9.97. The molecule has 50 valence electrons. The van der Waals surface area contributed by atoms with Crippen molar-refractivity contribution in [1.29, 1.82) is 0 Å². The Morgan fingerprint density at radius 3 is 2.70 bits per heavy atom. The Morgan fingerprint density at radius 2 is 2.40 bits per heavy atom. The van der Waals surface area contributed by atoms with Crippen LogP contribution in [0, 0.1) is 22.5 Å². The van der Waals surface area contributed by atoms with Crippen molar-refractivity contribution in [2.24, 2.45) is 0 Å². The lowest BCUT2D eigenvalue weighted by atomic mass is 10.5. The molecule has 0 atom stereocenters. The fourth-order valence-corrected chi connectivity index (χ4v) is 0.503. The highest BCUT2D eigenvalue weighted by Gasteiger charge is 2.09. The topological polar surface area (TPSA) is 56.3 Å². The normalized spacial score (nSPS) is 8.70. The zero-order chi connectivity index (χ0) is 7.56. The lowest BCUT2D eigenvalue weighted by Crippen LogP contribution is -1.82. The Morgan fingerprint density at radius 1 is 1.70 bits per heavy atom. The predicted octanol–water partition coefficient (Wildman–Crippen LogP) is 1.17. The van der Waals surface area contributed by atoms with Crippen LogP contribution in [0.5, 0.6) is 0 Å². The molecule has 0 aliphatic rings. The van der Waals surface area contributed by atoms with E-state index in [4.69, 9.17) is 6.42 Å². The van der Waals surface area contributed by atoms with Gasteiger partial charge in [-0.05, 0) is 5.92 Å². The summed E-state index contributed by atoms with van der Waals surface area (Å²) in [6.45, 7) is 0. The molecule has 0 aliphatic heterocycles. The van der Waals surface area contributed by atoms with Gasteiger partial charge in [0.25, 0.3) is 0 Å². The minimum absolute atomic E-state index is 0.173. The molecule has 1 heterocycles. The van der Waals surface area contributed by atoms with Crippen molar-refractivity contribution in [3.63, 3.8) is 0 Å². The minimum Gasteiger partial charge on any atom is -0.392 e. The standard InChI is InChI=1S/C6H3NO3/c1-2-5-3-4-6(10-5)7(8)9/h1,3-4H. The molecule has 10 heavy (non-hydrogen) atoms. The van der Waals surface area contributed by atoms with Gasteiger partial charge in [-0.15, -0.1) is 6.42 Å². The van der Waals surface area contributed by atoms with Gasteiger partial charge in [0, 0.05) is 6.07 Å². The molecule has 0 spiro atoms. The highest BCUT2D eigenvalue weighted by Crippen LogP contribution is 2.13. The van der Waals surface area contributed by atoms with Gasteiger partial charge in [-0.25, -0.2) is 0 Å². The molecule has 0 aromatic carbocycles. The molecule has 4 nitrogen and oxygen atoms in total. The van der Waals surface area contributed by atoms with Crippen molar-refractivity contribution in [3.05, 3.63) is 28.0 Å². The van der Waals surface area contributed by atoms with E-state index < -0.39 is 4.92 Å². The molecule has 1 rings (SSSR count). The fraction of sp³-hybridized carbons (Fsp3) is 0. The van der Waals surface area contributed by atoms with Crippen LogP contribution in [0.15, 0.2) is 16.5 Å². The summed E-state index contributed by atoms with van der Waals surface area (Å²) in [5.74, 6) is 1.98. The van der Waals surface area contributed by atoms with E-state index in [1.807, 2.05) is 0 Å². The Balaban J connectivity index is 3.02. The first-order valence-corrected chi connectivity index (χ1v) is 2.45. The molecule has 0 N–H and O–H groups in total. The van der Waals surface area contributed by atoms with Crippen LogP contribution in [0.3, 0.4) is 0 Å². The van der Waals surface area contributed by atoms with E-state index in [2.05, 4.69) is 10.3 Å². The Bertz CT molecular complexity index is 294. The van der Waals surface area contributed by atoms with Gasteiger partial charge in [0.2, 0.25) is 0 Å². The SMILES string of the molecule is C#Cc1ccc([N+](=O)[O-])o1. The van der Waals surface area contributed by atoms with Crippen molar-refractivity contribution in [2.75, 3.05) is 0 Å². The highest BCUT2D eigenvalue weighted by molar-refractivity contribution is 5.27. The summed E-state index contributed by atoms with van der Waals surface area (Å²) in [5.41, 5.74) is 0. The quantitative estimate of drug-likeness (QED) is 0.331. The first-order chi connectivity index (χ1) is 4.74.